The quantitative estimate of drug-likeness (QED) is 0.0262. The van der Waals surface area contributed by atoms with E-state index in [9.17, 15) is 14.4 Å². The Morgan fingerprint density at radius 2 is 0.562 bits per heavy atom. The van der Waals surface area contributed by atoms with E-state index in [0.717, 1.165) is 77.0 Å². The maximum absolute atomic E-state index is 12.8. The number of rotatable bonds is 51. The number of ether oxygens (including phenoxy) is 3. The Balaban J connectivity index is 4.34. The molecule has 0 aliphatic heterocycles. The average molecular weight is 899 g/mol. The van der Waals surface area contributed by atoms with E-state index in [2.05, 4.69) is 57.2 Å². The number of unbranched alkanes of at least 4 members (excludes halogenated alkanes) is 34. The molecule has 0 fully saturated rings. The first kappa shape index (κ1) is 61.6. The molecule has 0 aromatic rings. The van der Waals surface area contributed by atoms with Crippen LogP contribution in [0.25, 0.3) is 0 Å². The van der Waals surface area contributed by atoms with Gasteiger partial charge in [-0.05, 0) is 57.8 Å². The Morgan fingerprint density at radius 3 is 0.906 bits per heavy atom. The summed E-state index contributed by atoms with van der Waals surface area (Å²) in [7, 11) is 0. The van der Waals surface area contributed by atoms with E-state index in [0.29, 0.717) is 19.3 Å². The maximum Gasteiger partial charge on any atom is 0.306 e. The van der Waals surface area contributed by atoms with Crippen molar-refractivity contribution in [1.29, 1.82) is 0 Å². The highest BCUT2D eigenvalue weighted by Crippen LogP contribution is 2.16. The van der Waals surface area contributed by atoms with Gasteiger partial charge in [0.05, 0.1) is 0 Å². The molecule has 0 unspecified atom stereocenters. The second-order valence-electron chi connectivity index (χ2n) is 18.9. The van der Waals surface area contributed by atoms with Crippen LogP contribution in [0.1, 0.15) is 297 Å². The first-order valence-electron chi connectivity index (χ1n) is 28.0. The minimum atomic E-state index is -0.772. The van der Waals surface area contributed by atoms with Crippen LogP contribution in [0.4, 0.5) is 0 Å². The van der Waals surface area contributed by atoms with Crippen LogP contribution < -0.4 is 0 Å². The molecule has 0 aliphatic rings. The maximum atomic E-state index is 12.8. The zero-order chi connectivity index (χ0) is 46.5. The van der Waals surface area contributed by atoms with Crippen molar-refractivity contribution in [2.24, 2.45) is 0 Å². The van der Waals surface area contributed by atoms with Gasteiger partial charge in [0.2, 0.25) is 0 Å². The smallest absolute Gasteiger partial charge is 0.306 e. The topological polar surface area (TPSA) is 78.9 Å². The fourth-order valence-electron chi connectivity index (χ4n) is 8.16. The molecule has 0 bridgehead atoms. The van der Waals surface area contributed by atoms with Crippen LogP contribution in [0.3, 0.4) is 0 Å². The van der Waals surface area contributed by atoms with E-state index in [4.69, 9.17) is 14.2 Å². The van der Waals surface area contributed by atoms with Crippen molar-refractivity contribution in [1.82, 2.24) is 0 Å². The molecule has 0 N–H and O–H groups in total. The van der Waals surface area contributed by atoms with Crippen molar-refractivity contribution < 1.29 is 28.6 Å². The van der Waals surface area contributed by atoms with E-state index < -0.39 is 6.10 Å². The molecule has 0 amide bonds. The fourth-order valence-corrected chi connectivity index (χ4v) is 8.16. The summed E-state index contributed by atoms with van der Waals surface area (Å²) in [5.74, 6) is -0.868. The van der Waals surface area contributed by atoms with Crippen molar-refractivity contribution in [2.75, 3.05) is 13.2 Å². The summed E-state index contributed by atoms with van der Waals surface area (Å²) >= 11 is 0. The van der Waals surface area contributed by atoms with Crippen LogP contribution in [-0.2, 0) is 28.6 Å². The van der Waals surface area contributed by atoms with Gasteiger partial charge in [-0.15, -0.1) is 0 Å². The van der Waals surface area contributed by atoms with Crippen molar-refractivity contribution in [3.05, 3.63) is 36.5 Å². The first-order valence-corrected chi connectivity index (χ1v) is 28.0. The third kappa shape index (κ3) is 50.6. The molecule has 0 rings (SSSR count). The molecule has 6 nitrogen and oxygen atoms in total. The molecule has 0 spiro atoms. The van der Waals surface area contributed by atoms with E-state index in [1.165, 1.54) is 180 Å². The third-order valence-corrected chi connectivity index (χ3v) is 12.4. The second kappa shape index (κ2) is 53.2. The lowest BCUT2D eigenvalue weighted by Crippen LogP contribution is -2.30. The summed E-state index contributed by atoms with van der Waals surface area (Å²) in [6.07, 6.45) is 62.7. The number of hydrogen-bond acceptors (Lipinski definition) is 6. The van der Waals surface area contributed by atoms with Gasteiger partial charge in [-0.25, -0.2) is 0 Å². The van der Waals surface area contributed by atoms with Crippen LogP contribution in [0.5, 0.6) is 0 Å². The molecule has 0 aliphatic carbocycles. The summed E-state index contributed by atoms with van der Waals surface area (Å²) in [5, 5.41) is 0. The molecule has 6 heteroatoms. The molecule has 0 saturated heterocycles. The molecule has 0 aromatic heterocycles. The molecular formula is C58H106O6. The standard InChI is InChI=1S/C58H106O6/c1-4-7-10-13-16-19-22-25-27-28-29-30-31-34-36-39-42-45-48-51-57(60)63-54-55(53-62-56(59)50-47-44-41-38-35-32-24-21-18-15-12-9-6-3)64-58(61)52-49-46-43-40-37-33-26-23-20-17-14-11-8-5-2/h16,19,25,27,29-30,55H,4-15,17-18,20-24,26,28,31-54H2,1-3H3/b19-16-,27-25-,30-29-/t55-/m1/s1. The van der Waals surface area contributed by atoms with Crippen LogP contribution in [0.2, 0.25) is 0 Å². The summed E-state index contributed by atoms with van der Waals surface area (Å²) in [6, 6.07) is 0. The van der Waals surface area contributed by atoms with Gasteiger partial charge in [-0.3, -0.25) is 14.4 Å². The van der Waals surface area contributed by atoms with E-state index in [-0.39, 0.29) is 31.1 Å². The van der Waals surface area contributed by atoms with Crippen LogP contribution in [0.15, 0.2) is 36.5 Å². The summed E-state index contributed by atoms with van der Waals surface area (Å²) < 4.78 is 16.8. The predicted octanol–water partition coefficient (Wildman–Crippen LogP) is 18.5. The van der Waals surface area contributed by atoms with Crippen molar-refractivity contribution >= 4 is 17.9 Å². The van der Waals surface area contributed by atoms with Crippen molar-refractivity contribution in [3.63, 3.8) is 0 Å². The minimum Gasteiger partial charge on any atom is -0.462 e. The largest absolute Gasteiger partial charge is 0.462 e. The molecule has 64 heavy (non-hydrogen) atoms. The molecular weight excluding hydrogens is 793 g/mol. The van der Waals surface area contributed by atoms with Gasteiger partial charge < -0.3 is 14.2 Å². The monoisotopic (exact) mass is 899 g/mol. The average Bonchev–Trinajstić information content (AvgIpc) is 3.29. The lowest BCUT2D eigenvalue weighted by molar-refractivity contribution is -0.167. The number of allylic oxidation sites excluding steroid dienone is 6. The molecule has 0 saturated carbocycles. The minimum absolute atomic E-state index is 0.0716. The highest BCUT2D eigenvalue weighted by atomic mass is 16.6. The van der Waals surface area contributed by atoms with Crippen LogP contribution >= 0.6 is 0 Å². The SMILES string of the molecule is CCCCC/C=C\C/C=C\C/C=C\CCCCCCCCC(=O)OC[C@@H](COC(=O)CCCCCCCCCCCCCCC)OC(=O)CCCCCCCCCCCCCCCC. The number of carbonyl (C=O) groups is 3. The Labute approximate surface area is 397 Å². The van der Waals surface area contributed by atoms with E-state index in [1.807, 2.05) is 0 Å². The van der Waals surface area contributed by atoms with Gasteiger partial charge >= 0.3 is 17.9 Å². The number of hydrogen-bond donors (Lipinski definition) is 0. The third-order valence-electron chi connectivity index (χ3n) is 12.4. The summed E-state index contributed by atoms with van der Waals surface area (Å²) in [4.78, 5) is 38.1. The van der Waals surface area contributed by atoms with Gasteiger partial charge in [-0.1, -0.05) is 256 Å². The summed E-state index contributed by atoms with van der Waals surface area (Å²) in [6.45, 7) is 6.63. The second-order valence-corrected chi connectivity index (χ2v) is 18.9. The zero-order valence-electron chi connectivity index (χ0n) is 42.8. The molecule has 1 atom stereocenters. The summed E-state index contributed by atoms with van der Waals surface area (Å²) in [5.41, 5.74) is 0. The zero-order valence-corrected chi connectivity index (χ0v) is 42.8. The van der Waals surface area contributed by atoms with Gasteiger partial charge in [0.15, 0.2) is 6.10 Å². The van der Waals surface area contributed by atoms with Crippen molar-refractivity contribution in [3.8, 4) is 0 Å². The normalized spacial score (nSPS) is 12.2. The predicted molar refractivity (Wildman–Crippen MR) is 275 cm³/mol. The number of carbonyl (C=O) groups excluding carboxylic acids is 3. The number of esters is 3. The lowest BCUT2D eigenvalue weighted by Gasteiger charge is -2.18. The van der Waals surface area contributed by atoms with Gasteiger partial charge in [0.25, 0.3) is 0 Å². The van der Waals surface area contributed by atoms with Crippen LogP contribution in [0, 0.1) is 0 Å². The lowest BCUT2D eigenvalue weighted by atomic mass is 10.0. The Morgan fingerprint density at radius 1 is 0.312 bits per heavy atom. The molecule has 374 valence electrons. The Kier molecular flexibility index (Phi) is 51.3. The van der Waals surface area contributed by atoms with E-state index in [1.54, 1.807) is 0 Å². The van der Waals surface area contributed by atoms with E-state index >= 15 is 0 Å². The van der Waals surface area contributed by atoms with Gasteiger partial charge in [0.1, 0.15) is 13.2 Å². The van der Waals surface area contributed by atoms with Crippen molar-refractivity contribution in [2.45, 2.75) is 303 Å². The fraction of sp³-hybridized carbons (Fsp3) is 0.845. The highest BCUT2D eigenvalue weighted by Gasteiger charge is 2.19. The highest BCUT2D eigenvalue weighted by molar-refractivity contribution is 5.71. The van der Waals surface area contributed by atoms with Gasteiger partial charge in [0, 0.05) is 19.3 Å². The molecule has 0 aromatic carbocycles. The Hall–Kier alpha value is -2.37. The first-order chi connectivity index (χ1) is 31.5. The Bertz CT molecular complexity index is 1080. The van der Waals surface area contributed by atoms with Gasteiger partial charge in [-0.2, -0.15) is 0 Å². The van der Waals surface area contributed by atoms with Crippen LogP contribution in [-0.4, -0.2) is 37.2 Å². The molecule has 0 heterocycles. The molecule has 0 radical (unpaired) electrons.